The van der Waals surface area contributed by atoms with Crippen molar-refractivity contribution in [1.82, 2.24) is 0 Å². The summed E-state index contributed by atoms with van der Waals surface area (Å²) in [4.78, 5) is 0. The Bertz CT molecular complexity index is 156. The van der Waals surface area contributed by atoms with Crippen molar-refractivity contribution in [3.8, 4) is 0 Å². The Morgan fingerprint density at radius 2 is 1.64 bits per heavy atom. The second-order valence-corrected chi connectivity index (χ2v) is 5.74. The first-order chi connectivity index (χ1) is 6.19. The van der Waals surface area contributed by atoms with E-state index in [9.17, 15) is 5.11 Å². The van der Waals surface area contributed by atoms with Crippen LogP contribution in [0.4, 0.5) is 0 Å². The van der Waals surface area contributed by atoms with E-state index in [4.69, 9.17) is 4.74 Å². The van der Waals surface area contributed by atoms with E-state index < -0.39 is 0 Å². The fraction of sp³-hybridized carbons (Fsp3) is 1.00. The minimum Gasteiger partial charge on any atom is -0.393 e. The SMILES string of the molecule is COC(C)(C)CCCC(O)C(C)(C)C. The molecule has 0 radical (unpaired) electrons. The highest BCUT2D eigenvalue weighted by atomic mass is 16.5. The number of methoxy groups -OCH3 is 1. The number of ether oxygens (including phenoxy) is 1. The molecule has 0 aliphatic carbocycles. The van der Waals surface area contributed by atoms with Crippen LogP contribution < -0.4 is 0 Å². The Morgan fingerprint density at radius 1 is 1.14 bits per heavy atom. The van der Waals surface area contributed by atoms with Gasteiger partial charge in [0.05, 0.1) is 11.7 Å². The van der Waals surface area contributed by atoms with Crippen molar-refractivity contribution in [2.75, 3.05) is 7.11 Å². The fourth-order valence-electron chi connectivity index (χ4n) is 1.26. The van der Waals surface area contributed by atoms with Crippen molar-refractivity contribution in [1.29, 1.82) is 0 Å². The molecule has 1 N–H and O–H groups in total. The van der Waals surface area contributed by atoms with Crippen LogP contribution in [0.25, 0.3) is 0 Å². The standard InChI is InChI=1S/C12H26O2/c1-11(2,3)10(13)8-7-9-12(4,5)14-6/h10,13H,7-9H2,1-6H3. The number of aliphatic hydroxyl groups is 1. The van der Waals surface area contributed by atoms with Crippen molar-refractivity contribution in [3.05, 3.63) is 0 Å². The number of aliphatic hydroxyl groups excluding tert-OH is 1. The molecule has 0 aromatic rings. The van der Waals surface area contributed by atoms with Gasteiger partial charge in [0.25, 0.3) is 0 Å². The average molecular weight is 202 g/mol. The van der Waals surface area contributed by atoms with Gasteiger partial charge in [-0.15, -0.1) is 0 Å². The van der Waals surface area contributed by atoms with Gasteiger partial charge in [0.2, 0.25) is 0 Å². The lowest BCUT2D eigenvalue weighted by Gasteiger charge is -2.28. The molecule has 0 spiro atoms. The predicted molar refractivity (Wildman–Crippen MR) is 60.4 cm³/mol. The highest BCUT2D eigenvalue weighted by molar-refractivity contribution is 4.75. The van der Waals surface area contributed by atoms with Crippen LogP contribution in [0.1, 0.15) is 53.9 Å². The van der Waals surface area contributed by atoms with E-state index in [-0.39, 0.29) is 17.1 Å². The topological polar surface area (TPSA) is 29.5 Å². The Morgan fingerprint density at radius 3 is 2.00 bits per heavy atom. The monoisotopic (exact) mass is 202 g/mol. The molecule has 0 bridgehead atoms. The second kappa shape index (κ2) is 5.13. The lowest BCUT2D eigenvalue weighted by molar-refractivity contribution is 0.00380. The van der Waals surface area contributed by atoms with Crippen molar-refractivity contribution in [2.24, 2.45) is 5.41 Å². The van der Waals surface area contributed by atoms with E-state index in [1.807, 2.05) is 0 Å². The fourth-order valence-corrected chi connectivity index (χ4v) is 1.26. The third-order valence-corrected chi connectivity index (χ3v) is 2.81. The molecular formula is C12H26O2. The zero-order valence-corrected chi connectivity index (χ0v) is 10.6. The summed E-state index contributed by atoms with van der Waals surface area (Å²) in [6.07, 6.45) is 2.65. The minimum absolute atomic E-state index is 0.00276. The molecule has 0 heterocycles. The molecule has 86 valence electrons. The zero-order valence-electron chi connectivity index (χ0n) is 10.6. The Kier molecular flexibility index (Phi) is 5.10. The van der Waals surface area contributed by atoms with Gasteiger partial charge in [-0.2, -0.15) is 0 Å². The number of hydrogen-bond donors (Lipinski definition) is 1. The summed E-state index contributed by atoms with van der Waals surface area (Å²) < 4.78 is 5.32. The summed E-state index contributed by atoms with van der Waals surface area (Å²) in [6, 6.07) is 0. The number of hydrogen-bond acceptors (Lipinski definition) is 2. The van der Waals surface area contributed by atoms with Crippen molar-refractivity contribution < 1.29 is 9.84 Å². The Balaban J connectivity index is 3.75. The maximum atomic E-state index is 9.81. The molecule has 0 fully saturated rings. The molecule has 0 aromatic heterocycles. The quantitative estimate of drug-likeness (QED) is 0.742. The minimum atomic E-state index is -0.213. The molecule has 2 heteroatoms. The van der Waals surface area contributed by atoms with Crippen LogP contribution >= 0.6 is 0 Å². The summed E-state index contributed by atoms with van der Waals surface area (Å²) in [5.41, 5.74) is -0.0607. The van der Waals surface area contributed by atoms with Crippen molar-refractivity contribution >= 4 is 0 Å². The molecule has 14 heavy (non-hydrogen) atoms. The first kappa shape index (κ1) is 13.9. The smallest absolute Gasteiger partial charge is 0.0622 e. The molecule has 0 aliphatic heterocycles. The third kappa shape index (κ3) is 5.61. The lowest BCUT2D eigenvalue weighted by Crippen LogP contribution is -2.27. The van der Waals surface area contributed by atoms with Gasteiger partial charge in [-0.25, -0.2) is 0 Å². The Labute approximate surface area is 88.7 Å². The van der Waals surface area contributed by atoms with Crippen LogP contribution in [0.3, 0.4) is 0 Å². The largest absolute Gasteiger partial charge is 0.393 e. The highest BCUT2D eigenvalue weighted by Crippen LogP contribution is 2.25. The molecule has 1 atom stereocenters. The van der Waals surface area contributed by atoms with Gasteiger partial charge in [0.1, 0.15) is 0 Å². The lowest BCUT2D eigenvalue weighted by atomic mass is 9.85. The molecule has 0 amide bonds. The van der Waals surface area contributed by atoms with E-state index >= 15 is 0 Å². The summed E-state index contributed by atoms with van der Waals surface area (Å²) >= 11 is 0. The molecule has 0 saturated heterocycles. The maximum Gasteiger partial charge on any atom is 0.0622 e. The summed E-state index contributed by atoms with van der Waals surface area (Å²) in [5.74, 6) is 0. The van der Waals surface area contributed by atoms with Gasteiger partial charge in [-0.05, 0) is 38.5 Å². The van der Waals surface area contributed by atoms with Gasteiger partial charge < -0.3 is 9.84 Å². The third-order valence-electron chi connectivity index (χ3n) is 2.81. The van der Waals surface area contributed by atoms with Crippen LogP contribution in [-0.2, 0) is 4.74 Å². The van der Waals surface area contributed by atoms with Crippen LogP contribution in [0.15, 0.2) is 0 Å². The van der Waals surface area contributed by atoms with Gasteiger partial charge in [-0.1, -0.05) is 20.8 Å². The van der Waals surface area contributed by atoms with Crippen molar-refractivity contribution in [3.63, 3.8) is 0 Å². The molecular weight excluding hydrogens is 176 g/mol. The van der Waals surface area contributed by atoms with Gasteiger partial charge >= 0.3 is 0 Å². The van der Waals surface area contributed by atoms with Crippen LogP contribution in [0.2, 0.25) is 0 Å². The van der Waals surface area contributed by atoms with Gasteiger partial charge in [0.15, 0.2) is 0 Å². The second-order valence-electron chi connectivity index (χ2n) is 5.74. The predicted octanol–water partition coefficient (Wildman–Crippen LogP) is 2.99. The molecule has 0 rings (SSSR count). The van der Waals surface area contributed by atoms with E-state index in [1.165, 1.54) is 0 Å². The first-order valence-electron chi connectivity index (χ1n) is 5.42. The Hall–Kier alpha value is -0.0800. The summed E-state index contributed by atoms with van der Waals surface area (Å²) in [6.45, 7) is 10.4. The normalized spacial score (nSPS) is 15.6. The molecule has 0 aromatic carbocycles. The van der Waals surface area contributed by atoms with Crippen molar-refractivity contribution in [2.45, 2.75) is 65.6 Å². The maximum absolute atomic E-state index is 9.81. The summed E-state index contributed by atoms with van der Waals surface area (Å²) in [7, 11) is 1.74. The molecule has 2 nitrogen and oxygen atoms in total. The highest BCUT2D eigenvalue weighted by Gasteiger charge is 2.23. The van der Waals surface area contributed by atoms with Crippen LogP contribution in [0.5, 0.6) is 0 Å². The van der Waals surface area contributed by atoms with E-state index in [0.717, 1.165) is 19.3 Å². The summed E-state index contributed by atoms with van der Waals surface area (Å²) in [5, 5.41) is 9.81. The molecule has 1 unspecified atom stereocenters. The van der Waals surface area contributed by atoms with E-state index in [1.54, 1.807) is 7.11 Å². The zero-order chi connectivity index (χ0) is 11.4. The van der Waals surface area contributed by atoms with Crippen LogP contribution in [-0.4, -0.2) is 23.9 Å². The first-order valence-corrected chi connectivity index (χ1v) is 5.42. The van der Waals surface area contributed by atoms with Gasteiger partial charge in [-0.3, -0.25) is 0 Å². The number of rotatable bonds is 5. The van der Waals surface area contributed by atoms with Crippen LogP contribution in [0, 0.1) is 5.41 Å². The van der Waals surface area contributed by atoms with E-state index in [0.29, 0.717) is 0 Å². The average Bonchev–Trinajstić information content (AvgIpc) is 2.02. The molecule has 0 aliphatic rings. The van der Waals surface area contributed by atoms with Gasteiger partial charge in [0, 0.05) is 7.11 Å². The molecule has 0 saturated carbocycles. The van der Waals surface area contributed by atoms with E-state index in [2.05, 4.69) is 34.6 Å².